The molecule has 0 spiro atoms. The second-order valence-electron chi connectivity index (χ2n) is 13.5. The van der Waals surface area contributed by atoms with E-state index in [9.17, 15) is 21.4 Å². The van der Waals surface area contributed by atoms with E-state index in [0.717, 1.165) is 87.7 Å². The van der Waals surface area contributed by atoms with Crippen LogP contribution in [0, 0.1) is 13.8 Å². The van der Waals surface area contributed by atoms with Gasteiger partial charge < -0.3 is 33.0 Å². The SMILES string of the molecule is CCC(C)c1ccc(S(=O)(=O)O)cc1.CCC(C)c1ccc(S(=O)(=O)[O-])cc1.Cc1sc(-c2sc(-c3sc(C)c4c3OCCO4)c3c2OCCO3)c2c1OCCO2. The molecule has 5 aromatic rings. The fraction of sp³-hybridized carbons (Fsp3) is 0.400. The van der Waals surface area contributed by atoms with Crippen molar-refractivity contribution in [2.24, 2.45) is 0 Å². The van der Waals surface area contributed by atoms with Crippen molar-refractivity contribution in [2.75, 3.05) is 39.6 Å². The average Bonchev–Trinajstić information content (AvgIpc) is 3.87. The first-order chi connectivity index (χ1) is 27.1. The molecule has 6 heterocycles. The number of benzene rings is 2. The molecule has 17 heteroatoms. The molecule has 1 N–H and O–H groups in total. The molecule has 57 heavy (non-hydrogen) atoms. The van der Waals surface area contributed by atoms with Crippen molar-refractivity contribution in [3.8, 4) is 54.0 Å². The van der Waals surface area contributed by atoms with Crippen molar-refractivity contribution in [3.63, 3.8) is 0 Å². The van der Waals surface area contributed by atoms with Crippen LogP contribution in [-0.2, 0) is 20.2 Å². The standard InChI is InChI=1S/C20H18O6S3.2C10H14O3S/c1-9-11-13(23-5-3-21-11)17(27-9)19-15-16(26-8-7-25-15)20(29-19)18-14-12(10(2)28-18)22-4-6-24-14;2*1-3-8(2)9-4-6-10(7-5-9)14(11,12)13/h3-8H2,1-2H3;2*4-8H,3H2,1-2H3,(H,11,12,13)/p-1. The average molecular weight is 878 g/mol. The molecule has 2 unspecified atom stereocenters. The molecule has 0 saturated heterocycles. The number of aryl methyl sites for hydroxylation is 2. The summed E-state index contributed by atoms with van der Waals surface area (Å²) in [6.07, 6.45) is 1.99. The molecule has 8 rings (SSSR count). The first-order valence-electron chi connectivity index (χ1n) is 18.5. The van der Waals surface area contributed by atoms with Crippen LogP contribution in [0.25, 0.3) is 19.5 Å². The molecular weight excluding hydrogens is 833 g/mol. The molecule has 0 saturated carbocycles. The minimum absolute atomic E-state index is 0.0513. The van der Waals surface area contributed by atoms with Gasteiger partial charge >= 0.3 is 0 Å². The highest BCUT2D eigenvalue weighted by atomic mass is 32.2. The Morgan fingerprint density at radius 1 is 0.544 bits per heavy atom. The Morgan fingerprint density at radius 3 is 1.16 bits per heavy atom. The summed E-state index contributed by atoms with van der Waals surface area (Å²) < 4.78 is 98.0. The van der Waals surface area contributed by atoms with E-state index < -0.39 is 20.2 Å². The Kier molecular flexibility index (Phi) is 13.5. The molecule has 2 atom stereocenters. The van der Waals surface area contributed by atoms with Gasteiger partial charge in [-0.1, -0.05) is 52.0 Å². The predicted molar refractivity (Wildman–Crippen MR) is 221 cm³/mol. The van der Waals surface area contributed by atoms with Crippen molar-refractivity contribution < 1.29 is 54.4 Å². The third kappa shape index (κ3) is 9.56. The van der Waals surface area contributed by atoms with Crippen molar-refractivity contribution in [1.82, 2.24) is 0 Å². The second kappa shape index (κ2) is 18.0. The maximum absolute atomic E-state index is 10.7. The van der Waals surface area contributed by atoms with Gasteiger partial charge in [0, 0.05) is 9.75 Å². The minimum atomic E-state index is -4.30. The van der Waals surface area contributed by atoms with E-state index in [-0.39, 0.29) is 9.79 Å². The lowest BCUT2D eigenvalue weighted by atomic mass is 9.99. The topological polar surface area (TPSA) is 167 Å². The Morgan fingerprint density at radius 2 is 0.842 bits per heavy atom. The summed E-state index contributed by atoms with van der Waals surface area (Å²) >= 11 is 5.00. The van der Waals surface area contributed by atoms with Crippen LogP contribution in [0.5, 0.6) is 34.5 Å². The molecular formula is C40H45O12S5-. The highest BCUT2D eigenvalue weighted by Crippen LogP contribution is 2.62. The van der Waals surface area contributed by atoms with Gasteiger partial charge in [0.1, 0.15) is 49.8 Å². The van der Waals surface area contributed by atoms with Crippen LogP contribution < -0.4 is 28.4 Å². The van der Waals surface area contributed by atoms with Crippen molar-refractivity contribution in [3.05, 3.63) is 69.4 Å². The number of ether oxygens (including phenoxy) is 6. The van der Waals surface area contributed by atoms with Gasteiger partial charge in [-0.3, -0.25) is 4.55 Å². The Hall–Kier alpha value is -3.84. The van der Waals surface area contributed by atoms with Gasteiger partial charge in [-0.15, -0.1) is 34.0 Å². The van der Waals surface area contributed by atoms with Crippen LogP contribution >= 0.6 is 34.0 Å². The summed E-state index contributed by atoms with van der Waals surface area (Å²) in [6.45, 7) is 15.7. The van der Waals surface area contributed by atoms with Crippen LogP contribution in [0.3, 0.4) is 0 Å². The maximum Gasteiger partial charge on any atom is 0.294 e. The molecule has 308 valence electrons. The molecule has 3 aromatic heterocycles. The molecule has 0 fully saturated rings. The number of rotatable bonds is 8. The van der Waals surface area contributed by atoms with E-state index in [1.54, 1.807) is 58.3 Å². The quantitative estimate of drug-likeness (QED) is 0.147. The van der Waals surface area contributed by atoms with Gasteiger partial charge in [0.2, 0.25) is 0 Å². The van der Waals surface area contributed by atoms with Gasteiger partial charge in [-0.2, -0.15) is 8.42 Å². The van der Waals surface area contributed by atoms with E-state index in [2.05, 4.69) is 41.5 Å². The summed E-state index contributed by atoms with van der Waals surface area (Å²) in [7, 11) is -8.35. The fourth-order valence-corrected chi connectivity index (χ4v) is 10.6. The molecule has 0 aliphatic carbocycles. The van der Waals surface area contributed by atoms with Gasteiger partial charge in [0.15, 0.2) is 34.5 Å². The van der Waals surface area contributed by atoms with Gasteiger partial charge in [0.05, 0.1) is 29.3 Å². The lowest BCUT2D eigenvalue weighted by molar-refractivity contribution is 0.170. The molecule has 0 amide bonds. The van der Waals surface area contributed by atoms with E-state index in [0.29, 0.717) is 51.5 Å². The van der Waals surface area contributed by atoms with Crippen LogP contribution in [0.2, 0.25) is 0 Å². The lowest BCUT2D eigenvalue weighted by Gasteiger charge is -2.19. The molecule has 0 radical (unpaired) electrons. The lowest BCUT2D eigenvalue weighted by Crippen LogP contribution is -2.16. The van der Waals surface area contributed by atoms with Crippen LogP contribution in [0.15, 0.2) is 58.3 Å². The molecule has 3 aliphatic heterocycles. The summed E-state index contributed by atoms with van der Waals surface area (Å²) in [6, 6.07) is 12.4. The fourth-order valence-electron chi connectivity index (χ4n) is 6.14. The normalized spacial score (nSPS) is 15.4. The van der Waals surface area contributed by atoms with Crippen molar-refractivity contribution in [2.45, 2.75) is 76.0 Å². The predicted octanol–water partition coefficient (Wildman–Crippen LogP) is 9.69. The van der Waals surface area contributed by atoms with E-state index in [4.69, 9.17) is 33.0 Å². The number of hydrogen-bond acceptors (Lipinski definition) is 14. The Balaban J connectivity index is 0.000000165. The largest absolute Gasteiger partial charge is 0.744 e. The summed E-state index contributed by atoms with van der Waals surface area (Å²) in [4.78, 5) is 6.11. The highest BCUT2D eigenvalue weighted by Gasteiger charge is 2.35. The zero-order valence-corrected chi connectivity index (χ0v) is 36.5. The van der Waals surface area contributed by atoms with E-state index in [1.165, 1.54) is 24.3 Å². The third-order valence-electron chi connectivity index (χ3n) is 9.65. The van der Waals surface area contributed by atoms with Crippen LogP contribution in [0.1, 0.15) is 73.3 Å². The summed E-state index contributed by atoms with van der Waals surface area (Å²) in [5.41, 5.74) is 2.14. The molecule has 12 nitrogen and oxygen atoms in total. The zero-order valence-electron chi connectivity index (χ0n) is 32.4. The molecule has 3 aliphatic rings. The van der Waals surface area contributed by atoms with Gasteiger partial charge in [-0.05, 0) is 73.9 Å². The van der Waals surface area contributed by atoms with E-state index in [1.807, 2.05) is 0 Å². The van der Waals surface area contributed by atoms with Crippen LogP contribution in [-0.4, -0.2) is 65.6 Å². The molecule has 0 bridgehead atoms. The number of thiophene rings is 3. The minimum Gasteiger partial charge on any atom is -0.744 e. The Labute approximate surface area is 345 Å². The maximum atomic E-state index is 10.7. The summed E-state index contributed by atoms with van der Waals surface area (Å²) in [5.74, 6) is 5.68. The number of hydrogen-bond donors (Lipinski definition) is 1. The highest BCUT2D eigenvalue weighted by molar-refractivity contribution is 7.86. The third-order valence-corrected chi connectivity index (χ3v) is 15.0. The number of fused-ring (bicyclic) bond motifs is 3. The van der Waals surface area contributed by atoms with Crippen LogP contribution in [0.4, 0.5) is 0 Å². The smallest absolute Gasteiger partial charge is 0.294 e. The van der Waals surface area contributed by atoms with Crippen molar-refractivity contribution in [1.29, 1.82) is 0 Å². The van der Waals surface area contributed by atoms with Crippen molar-refractivity contribution >= 4 is 54.2 Å². The monoisotopic (exact) mass is 877 g/mol. The molecule has 2 aromatic carbocycles. The summed E-state index contributed by atoms with van der Waals surface area (Å²) in [5, 5.41) is 0. The van der Waals surface area contributed by atoms with Gasteiger partial charge in [0.25, 0.3) is 10.1 Å². The Bertz CT molecular complexity index is 2230. The second-order valence-corrected chi connectivity index (χ2v) is 19.8. The zero-order chi connectivity index (χ0) is 41.1. The first kappa shape index (κ1) is 42.8. The first-order valence-corrected chi connectivity index (χ1v) is 23.8. The van der Waals surface area contributed by atoms with Gasteiger partial charge in [-0.25, -0.2) is 8.42 Å². The van der Waals surface area contributed by atoms with E-state index >= 15 is 0 Å².